The molecule has 0 spiro atoms. The van der Waals surface area contributed by atoms with Gasteiger partial charge in [0.05, 0.1) is 0 Å². The maximum atomic E-state index is 4.44. The summed E-state index contributed by atoms with van der Waals surface area (Å²) in [6, 6.07) is 1.94. The molecule has 0 amide bonds. The fourth-order valence-corrected chi connectivity index (χ4v) is 4.35. The van der Waals surface area contributed by atoms with Crippen LogP contribution in [-0.2, 0) is 0 Å². The largest absolute Gasteiger partial charge is 0.231 e. The smallest absolute Gasteiger partial charge is 0.187 e. The van der Waals surface area contributed by atoms with E-state index in [0.717, 1.165) is 21.9 Å². The average Bonchev–Trinajstić information content (AvgIpc) is 2.76. The second-order valence-electron chi connectivity index (χ2n) is 4.61. The van der Waals surface area contributed by atoms with Gasteiger partial charge in [-0.25, -0.2) is 9.97 Å². The Morgan fingerprint density at radius 2 is 2.19 bits per heavy atom. The Morgan fingerprint density at radius 3 is 2.81 bits per heavy atom. The van der Waals surface area contributed by atoms with Crippen molar-refractivity contribution >= 4 is 27.7 Å². The molecule has 88 valence electrons. The molecule has 4 heteroatoms. The van der Waals surface area contributed by atoms with E-state index < -0.39 is 0 Å². The Balaban J connectivity index is 1.95. The van der Waals surface area contributed by atoms with Crippen molar-refractivity contribution in [3.63, 3.8) is 0 Å². The molecule has 0 atom stereocenters. The molecule has 2 rings (SSSR count). The van der Waals surface area contributed by atoms with Crippen molar-refractivity contribution < 1.29 is 0 Å². The van der Waals surface area contributed by atoms with Gasteiger partial charge in [0, 0.05) is 23.0 Å². The summed E-state index contributed by atoms with van der Waals surface area (Å²) in [5.41, 5.74) is 1.54. The van der Waals surface area contributed by atoms with Crippen LogP contribution in [0.25, 0.3) is 0 Å². The molecule has 0 aliphatic heterocycles. The third kappa shape index (κ3) is 2.98. The van der Waals surface area contributed by atoms with E-state index in [9.17, 15) is 0 Å². The van der Waals surface area contributed by atoms with Gasteiger partial charge in [-0.15, -0.1) is 0 Å². The van der Waals surface area contributed by atoms with Crippen molar-refractivity contribution in [2.75, 3.05) is 11.1 Å². The highest BCUT2D eigenvalue weighted by molar-refractivity contribution is 9.09. The minimum atomic E-state index is 0.484. The van der Waals surface area contributed by atoms with Crippen LogP contribution in [-0.4, -0.2) is 21.1 Å². The van der Waals surface area contributed by atoms with Gasteiger partial charge in [-0.05, 0) is 31.2 Å². The van der Waals surface area contributed by atoms with Crippen molar-refractivity contribution in [2.24, 2.45) is 5.41 Å². The summed E-state index contributed by atoms with van der Waals surface area (Å²) in [4.78, 5) is 8.74. The summed E-state index contributed by atoms with van der Waals surface area (Å²) in [6.07, 6.45) is 7.29. The van der Waals surface area contributed by atoms with Crippen LogP contribution in [0, 0.1) is 12.3 Å². The number of hydrogen-bond acceptors (Lipinski definition) is 3. The summed E-state index contributed by atoms with van der Waals surface area (Å²) in [5, 5.41) is 2.03. The molecular formula is C12H17BrN2S. The average molecular weight is 301 g/mol. The van der Waals surface area contributed by atoms with Crippen LogP contribution >= 0.6 is 27.7 Å². The summed E-state index contributed by atoms with van der Waals surface area (Å²) >= 11 is 5.47. The SMILES string of the molecule is Cc1ccnc(SCC2(CBr)CCCC2)n1. The zero-order valence-electron chi connectivity index (χ0n) is 9.58. The van der Waals surface area contributed by atoms with Crippen LogP contribution < -0.4 is 0 Å². The van der Waals surface area contributed by atoms with E-state index in [0.29, 0.717) is 5.41 Å². The highest BCUT2D eigenvalue weighted by atomic mass is 79.9. The Hall–Kier alpha value is -0.0900. The molecule has 1 aromatic rings. The van der Waals surface area contributed by atoms with E-state index in [1.807, 2.05) is 19.2 Å². The Kier molecular flexibility index (Phi) is 4.25. The molecular weight excluding hydrogens is 284 g/mol. The van der Waals surface area contributed by atoms with Crippen LogP contribution in [0.3, 0.4) is 0 Å². The van der Waals surface area contributed by atoms with Gasteiger partial charge in [-0.2, -0.15) is 0 Å². The number of thioether (sulfide) groups is 1. The number of aromatic nitrogens is 2. The van der Waals surface area contributed by atoms with Gasteiger partial charge < -0.3 is 0 Å². The molecule has 2 nitrogen and oxygen atoms in total. The highest BCUT2D eigenvalue weighted by Crippen LogP contribution is 2.42. The van der Waals surface area contributed by atoms with Gasteiger partial charge in [0.2, 0.25) is 0 Å². The van der Waals surface area contributed by atoms with E-state index >= 15 is 0 Å². The number of rotatable bonds is 4. The number of nitrogens with zero attached hydrogens (tertiary/aromatic N) is 2. The van der Waals surface area contributed by atoms with Crippen LogP contribution in [0.1, 0.15) is 31.4 Å². The molecule has 1 aromatic heterocycles. The van der Waals surface area contributed by atoms with Gasteiger partial charge in [-0.3, -0.25) is 0 Å². The first-order valence-corrected chi connectivity index (χ1v) is 7.83. The van der Waals surface area contributed by atoms with Crippen molar-refractivity contribution in [3.8, 4) is 0 Å². The van der Waals surface area contributed by atoms with E-state index in [1.54, 1.807) is 11.8 Å². The first kappa shape index (κ1) is 12.4. The molecule has 0 saturated heterocycles. The molecule has 1 aliphatic rings. The minimum Gasteiger partial charge on any atom is -0.231 e. The topological polar surface area (TPSA) is 25.8 Å². The van der Waals surface area contributed by atoms with Crippen molar-refractivity contribution in [3.05, 3.63) is 18.0 Å². The Morgan fingerprint density at radius 1 is 1.44 bits per heavy atom. The standard InChI is InChI=1S/C12H17BrN2S/c1-10-4-7-14-11(15-10)16-9-12(8-13)5-2-3-6-12/h4,7H,2-3,5-6,8-9H2,1H3. The van der Waals surface area contributed by atoms with Crippen LogP contribution in [0.5, 0.6) is 0 Å². The van der Waals surface area contributed by atoms with Crippen molar-refractivity contribution in [2.45, 2.75) is 37.8 Å². The van der Waals surface area contributed by atoms with E-state index in [-0.39, 0.29) is 0 Å². The maximum Gasteiger partial charge on any atom is 0.187 e. The lowest BCUT2D eigenvalue weighted by molar-refractivity contribution is 0.405. The molecule has 1 fully saturated rings. The molecule has 16 heavy (non-hydrogen) atoms. The number of halogens is 1. The first-order chi connectivity index (χ1) is 7.74. The lowest BCUT2D eigenvalue weighted by Gasteiger charge is -2.25. The molecule has 0 radical (unpaired) electrons. The summed E-state index contributed by atoms with van der Waals surface area (Å²) in [7, 11) is 0. The van der Waals surface area contributed by atoms with Gasteiger partial charge in [0.1, 0.15) is 0 Å². The quantitative estimate of drug-likeness (QED) is 0.480. The van der Waals surface area contributed by atoms with Crippen molar-refractivity contribution in [1.82, 2.24) is 9.97 Å². The summed E-state index contributed by atoms with van der Waals surface area (Å²) in [5.74, 6) is 1.14. The number of alkyl halides is 1. The third-order valence-corrected chi connectivity index (χ3v) is 5.63. The molecule has 1 saturated carbocycles. The van der Waals surface area contributed by atoms with Crippen molar-refractivity contribution in [1.29, 1.82) is 0 Å². The number of hydrogen-bond donors (Lipinski definition) is 0. The predicted molar refractivity (Wildman–Crippen MR) is 72.2 cm³/mol. The first-order valence-electron chi connectivity index (χ1n) is 5.73. The summed E-state index contributed by atoms with van der Waals surface area (Å²) < 4.78 is 0. The second kappa shape index (κ2) is 5.50. The van der Waals surface area contributed by atoms with E-state index in [4.69, 9.17) is 0 Å². The number of aryl methyl sites for hydroxylation is 1. The molecule has 0 aromatic carbocycles. The molecule has 0 N–H and O–H groups in total. The Bertz CT molecular complexity index is 351. The maximum absolute atomic E-state index is 4.44. The van der Waals surface area contributed by atoms with E-state index in [1.165, 1.54) is 25.7 Å². The third-order valence-electron chi connectivity index (χ3n) is 3.23. The normalized spacial score (nSPS) is 18.9. The zero-order valence-corrected chi connectivity index (χ0v) is 12.0. The summed E-state index contributed by atoms with van der Waals surface area (Å²) in [6.45, 7) is 2.02. The van der Waals surface area contributed by atoms with Gasteiger partial charge in [0.15, 0.2) is 5.16 Å². The predicted octanol–water partition coefficient (Wildman–Crippen LogP) is 3.83. The molecule has 1 aliphatic carbocycles. The molecule has 0 unspecified atom stereocenters. The minimum absolute atomic E-state index is 0.484. The fourth-order valence-electron chi connectivity index (χ4n) is 2.15. The molecule has 1 heterocycles. The van der Waals surface area contributed by atoms with Crippen LogP contribution in [0.15, 0.2) is 17.4 Å². The monoisotopic (exact) mass is 300 g/mol. The Labute approximate surface area is 110 Å². The van der Waals surface area contributed by atoms with E-state index in [2.05, 4.69) is 25.9 Å². The van der Waals surface area contributed by atoms with Crippen LogP contribution in [0.4, 0.5) is 0 Å². The lowest BCUT2D eigenvalue weighted by atomic mass is 9.92. The van der Waals surface area contributed by atoms with Crippen LogP contribution in [0.2, 0.25) is 0 Å². The lowest BCUT2D eigenvalue weighted by Crippen LogP contribution is -2.21. The van der Waals surface area contributed by atoms with Gasteiger partial charge in [-0.1, -0.05) is 40.5 Å². The zero-order chi connectivity index (χ0) is 11.4. The fraction of sp³-hybridized carbons (Fsp3) is 0.667. The second-order valence-corrected chi connectivity index (χ2v) is 6.11. The van der Waals surface area contributed by atoms with Gasteiger partial charge >= 0.3 is 0 Å². The molecule has 0 bridgehead atoms. The van der Waals surface area contributed by atoms with Gasteiger partial charge in [0.25, 0.3) is 0 Å². The highest BCUT2D eigenvalue weighted by Gasteiger charge is 2.32.